The van der Waals surface area contributed by atoms with Crippen molar-refractivity contribution in [2.24, 2.45) is 0 Å². The summed E-state index contributed by atoms with van der Waals surface area (Å²) >= 11 is 12.7. The maximum absolute atomic E-state index is 12.3. The third-order valence-corrected chi connectivity index (χ3v) is 7.41. The molecule has 0 radical (unpaired) electrons. The van der Waals surface area contributed by atoms with E-state index in [1.165, 1.54) is 32.3 Å². The summed E-state index contributed by atoms with van der Waals surface area (Å²) in [5.41, 5.74) is 2.68. The molecule has 10 heteroatoms. The Kier molecular flexibility index (Phi) is 7.97. The Hall–Kier alpha value is -2.65. The van der Waals surface area contributed by atoms with Crippen molar-refractivity contribution >= 4 is 45.3 Å². The van der Waals surface area contributed by atoms with Crippen LogP contribution in [0.2, 0.25) is 10.2 Å². The zero-order chi connectivity index (χ0) is 24.2. The lowest BCUT2D eigenvalue weighted by Gasteiger charge is -2.12. The number of sulfonamides is 1. The zero-order valence-electron chi connectivity index (χ0n) is 18.3. The van der Waals surface area contributed by atoms with E-state index < -0.39 is 16.0 Å². The van der Waals surface area contributed by atoms with E-state index in [0.29, 0.717) is 33.5 Å². The highest BCUT2D eigenvalue weighted by Gasteiger charge is 2.17. The van der Waals surface area contributed by atoms with Crippen molar-refractivity contribution in [2.75, 3.05) is 14.1 Å². The Bertz CT molecular complexity index is 1300. The number of hydrogen-bond donors (Lipinski definition) is 0. The molecule has 0 N–H and O–H groups in total. The minimum atomic E-state index is -3.57. The van der Waals surface area contributed by atoms with Crippen molar-refractivity contribution in [3.8, 4) is 0 Å². The monoisotopic (exact) mass is 507 g/mol. The summed E-state index contributed by atoms with van der Waals surface area (Å²) in [5.74, 6) is -0.592. The second kappa shape index (κ2) is 10.5. The fourth-order valence-corrected chi connectivity index (χ4v) is 4.48. The molecule has 174 valence electrons. The summed E-state index contributed by atoms with van der Waals surface area (Å²) in [4.78, 5) is 12.4. The highest BCUT2D eigenvalue weighted by Crippen LogP contribution is 2.24. The number of aryl methyl sites for hydroxylation is 1. The molecule has 7 nitrogen and oxygen atoms in total. The first-order valence-electron chi connectivity index (χ1n) is 9.92. The van der Waals surface area contributed by atoms with Gasteiger partial charge in [0.25, 0.3) is 0 Å². The summed E-state index contributed by atoms with van der Waals surface area (Å²) in [6.07, 6.45) is 2.80. The molecular weight excluding hydrogens is 485 g/mol. The van der Waals surface area contributed by atoms with Crippen LogP contribution < -0.4 is 0 Å². The number of carbonyl (C=O) groups is 1. The van der Waals surface area contributed by atoms with Gasteiger partial charge in [0, 0.05) is 30.8 Å². The molecule has 2 aromatic carbocycles. The Morgan fingerprint density at radius 3 is 2.58 bits per heavy atom. The fraction of sp³-hybridized carbons (Fsp3) is 0.217. The number of benzene rings is 2. The van der Waals surface area contributed by atoms with Crippen LogP contribution in [-0.2, 0) is 32.7 Å². The van der Waals surface area contributed by atoms with Crippen molar-refractivity contribution in [1.82, 2.24) is 14.1 Å². The van der Waals surface area contributed by atoms with Crippen molar-refractivity contribution in [1.29, 1.82) is 0 Å². The van der Waals surface area contributed by atoms with Gasteiger partial charge in [-0.3, -0.25) is 0 Å². The maximum Gasteiger partial charge on any atom is 0.331 e. The quantitative estimate of drug-likeness (QED) is 0.329. The van der Waals surface area contributed by atoms with Crippen molar-refractivity contribution in [2.45, 2.75) is 25.0 Å². The molecule has 0 amide bonds. The number of ether oxygens (including phenoxy) is 1. The SMILES string of the molecule is Cc1nn(Cc2ccccc2Cl)c(Cl)c1C=CC(=O)OCc1cccc(S(=O)(=O)N(C)C)c1. The van der Waals surface area contributed by atoms with Gasteiger partial charge >= 0.3 is 5.97 Å². The fourth-order valence-electron chi connectivity index (χ4n) is 3.01. The van der Waals surface area contributed by atoms with Gasteiger partial charge in [-0.25, -0.2) is 22.2 Å². The van der Waals surface area contributed by atoms with Crippen LogP contribution in [0.3, 0.4) is 0 Å². The minimum absolute atomic E-state index is 0.0710. The molecule has 0 atom stereocenters. The van der Waals surface area contributed by atoms with E-state index in [1.807, 2.05) is 18.2 Å². The number of rotatable bonds is 8. The molecule has 0 aliphatic carbocycles. The van der Waals surface area contributed by atoms with Gasteiger partial charge in [0.2, 0.25) is 10.0 Å². The number of aromatic nitrogens is 2. The van der Waals surface area contributed by atoms with E-state index in [0.717, 1.165) is 9.87 Å². The van der Waals surface area contributed by atoms with Crippen LogP contribution in [0.25, 0.3) is 6.08 Å². The average Bonchev–Trinajstić information content (AvgIpc) is 3.04. The van der Waals surface area contributed by atoms with Crippen LogP contribution in [0, 0.1) is 6.92 Å². The Morgan fingerprint density at radius 2 is 1.88 bits per heavy atom. The third-order valence-electron chi connectivity index (χ3n) is 4.83. The molecule has 3 rings (SSSR count). The van der Waals surface area contributed by atoms with Crippen molar-refractivity contribution in [3.63, 3.8) is 0 Å². The number of carbonyl (C=O) groups excluding carboxylic acids is 1. The first-order chi connectivity index (χ1) is 15.6. The topological polar surface area (TPSA) is 81.5 Å². The molecule has 0 aliphatic rings. The normalized spacial score (nSPS) is 11.9. The Labute approximate surface area is 203 Å². The second-order valence-corrected chi connectivity index (χ2v) is 10.3. The predicted molar refractivity (Wildman–Crippen MR) is 129 cm³/mol. The van der Waals surface area contributed by atoms with E-state index in [1.54, 1.807) is 35.9 Å². The smallest absolute Gasteiger partial charge is 0.331 e. The van der Waals surface area contributed by atoms with Crippen LogP contribution >= 0.6 is 23.2 Å². The van der Waals surface area contributed by atoms with Crippen LogP contribution in [0.15, 0.2) is 59.5 Å². The molecule has 0 aliphatic heterocycles. The van der Waals surface area contributed by atoms with E-state index in [4.69, 9.17) is 27.9 Å². The summed E-state index contributed by atoms with van der Waals surface area (Å²) in [6.45, 7) is 2.11. The molecule has 0 saturated heterocycles. The van der Waals surface area contributed by atoms with Gasteiger partial charge < -0.3 is 4.74 Å². The first-order valence-corrected chi connectivity index (χ1v) is 12.1. The average molecular weight is 508 g/mol. The zero-order valence-corrected chi connectivity index (χ0v) is 20.7. The van der Waals surface area contributed by atoms with E-state index >= 15 is 0 Å². The van der Waals surface area contributed by atoms with E-state index in [2.05, 4.69) is 5.10 Å². The van der Waals surface area contributed by atoms with Crippen molar-refractivity contribution in [3.05, 3.63) is 87.2 Å². The lowest BCUT2D eigenvalue weighted by atomic mass is 10.2. The summed E-state index contributed by atoms with van der Waals surface area (Å²) in [7, 11) is -0.660. The highest BCUT2D eigenvalue weighted by atomic mass is 35.5. The Morgan fingerprint density at radius 1 is 1.15 bits per heavy atom. The molecule has 0 spiro atoms. The van der Waals surface area contributed by atoms with Crippen LogP contribution in [-0.4, -0.2) is 42.6 Å². The molecule has 0 saturated carbocycles. The van der Waals surface area contributed by atoms with Crippen LogP contribution in [0.5, 0.6) is 0 Å². The molecule has 0 fully saturated rings. The number of nitrogens with zero attached hydrogens (tertiary/aromatic N) is 3. The molecule has 33 heavy (non-hydrogen) atoms. The molecule has 1 heterocycles. The summed E-state index contributed by atoms with van der Waals surface area (Å²) < 4.78 is 32.5. The van der Waals surface area contributed by atoms with Gasteiger partial charge in [0.1, 0.15) is 11.8 Å². The van der Waals surface area contributed by atoms with Gasteiger partial charge in [-0.15, -0.1) is 0 Å². The lowest BCUT2D eigenvalue weighted by molar-refractivity contribution is -0.138. The summed E-state index contributed by atoms with van der Waals surface area (Å²) in [5, 5.41) is 5.42. The maximum atomic E-state index is 12.3. The van der Waals surface area contributed by atoms with Gasteiger partial charge in [-0.1, -0.05) is 53.5 Å². The number of esters is 1. The minimum Gasteiger partial charge on any atom is -0.458 e. The molecule has 0 unspecified atom stereocenters. The van der Waals surface area contributed by atoms with E-state index in [9.17, 15) is 13.2 Å². The predicted octanol–water partition coefficient (Wildman–Crippen LogP) is 4.55. The largest absolute Gasteiger partial charge is 0.458 e. The molecular formula is C23H23Cl2N3O4S. The number of hydrogen-bond acceptors (Lipinski definition) is 5. The van der Waals surface area contributed by atoms with Gasteiger partial charge in [0.15, 0.2) is 0 Å². The highest BCUT2D eigenvalue weighted by molar-refractivity contribution is 7.89. The standard InChI is InChI=1S/C23H23Cl2N3O4S/c1-16-20(23(25)28(26-16)14-18-8-4-5-10-21(18)24)11-12-22(29)32-15-17-7-6-9-19(13-17)33(30,31)27(2)3/h4-13H,14-15H2,1-3H3. The van der Waals surface area contributed by atoms with E-state index in [-0.39, 0.29) is 11.5 Å². The Balaban J connectivity index is 1.67. The molecule has 3 aromatic rings. The molecule has 1 aromatic heterocycles. The van der Waals surface area contributed by atoms with Gasteiger partial charge in [0.05, 0.1) is 17.1 Å². The molecule has 0 bridgehead atoms. The van der Waals surface area contributed by atoms with Crippen LogP contribution in [0.1, 0.15) is 22.4 Å². The van der Waals surface area contributed by atoms with Crippen molar-refractivity contribution < 1.29 is 17.9 Å². The summed E-state index contributed by atoms with van der Waals surface area (Å²) in [6, 6.07) is 13.7. The lowest BCUT2D eigenvalue weighted by Crippen LogP contribution is -2.22. The number of halogens is 2. The second-order valence-electron chi connectivity index (χ2n) is 7.41. The van der Waals surface area contributed by atoms with Crippen LogP contribution in [0.4, 0.5) is 0 Å². The first kappa shape index (κ1) is 25.0. The van der Waals surface area contributed by atoms with Gasteiger partial charge in [-0.2, -0.15) is 5.10 Å². The van der Waals surface area contributed by atoms with Gasteiger partial charge in [-0.05, 0) is 42.3 Å². The third kappa shape index (κ3) is 6.03.